The molecule has 0 aliphatic rings. The minimum atomic E-state index is -0.0625. The Morgan fingerprint density at radius 2 is 1.14 bits per heavy atom. The van der Waals surface area contributed by atoms with Crippen LogP contribution in [0.5, 0.6) is 0 Å². The van der Waals surface area contributed by atoms with Gasteiger partial charge in [-0.05, 0) is 13.8 Å². The van der Waals surface area contributed by atoms with Crippen LogP contribution < -0.4 is 0 Å². The Bertz CT molecular complexity index is 599. The molecule has 0 fully saturated rings. The van der Waals surface area contributed by atoms with Gasteiger partial charge in [0.2, 0.25) is 0 Å². The summed E-state index contributed by atoms with van der Waals surface area (Å²) in [5, 5.41) is 0. The first-order valence-corrected chi connectivity index (χ1v) is 9.50. The molecule has 22 heavy (non-hydrogen) atoms. The molecule has 0 bridgehead atoms. The van der Waals surface area contributed by atoms with Crippen LogP contribution in [0.1, 0.15) is 31.4 Å². The molecular weight excluding hydrogens is 455 g/mol. The van der Waals surface area contributed by atoms with Crippen LogP contribution in [0.3, 0.4) is 0 Å². The molecule has 0 aromatic heterocycles. The molecule has 0 heterocycles. The molecule has 0 aliphatic heterocycles. The summed E-state index contributed by atoms with van der Waals surface area (Å²) in [7, 11) is 0. The average Bonchev–Trinajstić information content (AvgIpc) is 2.49. The molecule has 0 saturated heterocycles. The molecule has 2 aromatic carbocycles. The minimum absolute atomic E-state index is 0.00784. The summed E-state index contributed by atoms with van der Waals surface area (Å²) in [6, 6.07) is 21.0. The Morgan fingerprint density at radius 3 is 1.41 bits per heavy atom. The standard InChI is InChI=1S/2C7H6.C5H8O2.Pt/c2*1-7-5-3-2-4-6-7;1-4(6)3-5(2)7;/h2*1-6H;3H2,1-2H3;. The molecule has 3 heteroatoms. The van der Waals surface area contributed by atoms with Crippen LogP contribution in [0.15, 0.2) is 60.7 Å². The molecule has 0 radical (unpaired) electrons. The summed E-state index contributed by atoms with van der Waals surface area (Å²) < 4.78 is 4.68. The van der Waals surface area contributed by atoms with E-state index in [0.29, 0.717) is 0 Å². The molecule has 0 atom stereocenters. The monoisotopic (exact) mass is 475 g/mol. The third-order valence-electron chi connectivity index (χ3n) is 2.41. The number of hydrogen-bond donors (Lipinski definition) is 0. The number of hydrogen-bond acceptors (Lipinski definition) is 2. The van der Waals surface area contributed by atoms with E-state index >= 15 is 0 Å². The number of ketones is 2. The number of Topliss-reactive ketones (excluding diaryl/α,β-unsaturated/α-hetero) is 2. The normalized spacial score (nSPS) is 9.36. The first kappa shape index (κ1) is 18.3. The summed E-state index contributed by atoms with van der Waals surface area (Å²) in [6.07, 6.45) is 0.0833. The zero-order valence-corrected chi connectivity index (χ0v) is 15.0. The van der Waals surface area contributed by atoms with Gasteiger partial charge in [0, 0.05) is 0 Å². The summed E-state index contributed by atoms with van der Waals surface area (Å²) >= 11 is 0.00784. The third-order valence-corrected chi connectivity index (χ3v) is 4.69. The zero-order valence-electron chi connectivity index (χ0n) is 12.8. The van der Waals surface area contributed by atoms with Crippen LogP contribution in [0.25, 0.3) is 0 Å². The number of carbonyl (C=O) groups is 2. The van der Waals surface area contributed by atoms with Crippen molar-refractivity contribution in [2.45, 2.75) is 20.3 Å². The maximum absolute atomic E-state index is 10.0. The van der Waals surface area contributed by atoms with Gasteiger partial charge in [-0.25, -0.2) is 0 Å². The van der Waals surface area contributed by atoms with Gasteiger partial charge in [0.1, 0.15) is 11.6 Å². The SMILES string of the molecule is CC(=O)CC(C)=O.[CH](=[Pt]=[CH]c1ccccc1)c1ccccc1. The van der Waals surface area contributed by atoms with Crippen molar-refractivity contribution in [1.82, 2.24) is 0 Å². The second kappa shape index (κ2) is 10.9. The summed E-state index contributed by atoms with van der Waals surface area (Å²) in [4.78, 5) is 20.1. The van der Waals surface area contributed by atoms with Crippen LogP contribution in [0, 0.1) is 0 Å². The average molecular weight is 475 g/mol. The van der Waals surface area contributed by atoms with Crippen molar-refractivity contribution in [2.75, 3.05) is 0 Å². The third kappa shape index (κ3) is 9.20. The van der Waals surface area contributed by atoms with Crippen molar-refractivity contribution in [1.29, 1.82) is 0 Å². The van der Waals surface area contributed by atoms with Gasteiger partial charge >= 0.3 is 98.2 Å². The Morgan fingerprint density at radius 1 is 0.773 bits per heavy atom. The van der Waals surface area contributed by atoms with E-state index in [-0.39, 0.29) is 35.6 Å². The van der Waals surface area contributed by atoms with Crippen molar-refractivity contribution in [3.05, 3.63) is 71.8 Å². The van der Waals surface area contributed by atoms with E-state index in [1.54, 1.807) is 0 Å². The fraction of sp³-hybridized carbons (Fsp3) is 0.158. The van der Waals surface area contributed by atoms with Crippen LogP contribution in [0.2, 0.25) is 0 Å². The first-order chi connectivity index (χ1) is 10.6. The number of benzene rings is 2. The Kier molecular flexibility index (Phi) is 9.02. The number of rotatable bonds is 4. The van der Waals surface area contributed by atoms with Gasteiger partial charge in [0.15, 0.2) is 0 Å². The second-order valence-electron chi connectivity index (χ2n) is 4.69. The van der Waals surface area contributed by atoms with Gasteiger partial charge in [0.25, 0.3) is 0 Å². The van der Waals surface area contributed by atoms with Gasteiger partial charge in [-0.3, -0.25) is 9.59 Å². The second-order valence-corrected chi connectivity index (χ2v) is 6.76. The maximum atomic E-state index is 10.0. The van der Waals surface area contributed by atoms with Gasteiger partial charge in [-0.1, -0.05) is 0 Å². The van der Waals surface area contributed by atoms with E-state index in [9.17, 15) is 9.59 Å². The predicted molar refractivity (Wildman–Crippen MR) is 89.2 cm³/mol. The van der Waals surface area contributed by atoms with Gasteiger partial charge in [-0.15, -0.1) is 0 Å². The molecule has 2 rings (SSSR count). The number of carbonyl (C=O) groups excluding carboxylic acids is 2. The summed E-state index contributed by atoms with van der Waals surface area (Å²) in [5.74, 6) is -0.125. The molecule has 2 aromatic rings. The van der Waals surface area contributed by atoms with Crippen LogP contribution in [0.4, 0.5) is 0 Å². The van der Waals surface area contributed by atoms with E-state index in [4.69, 9.17) is 0 Å². The van der Waals surface area contributed by atoms with E-state index in [1.807, 2.05) is 0 Å². The summed E-state index contributed by atoms with van der Waals surface area (Å²) in [6.45, 7) is 2.81. The Labute approximate surface area is 139 Å². The molecule has 0 aliphatic carbocycles. The molecule has 0 N–H and O–H groups in total. The molecule has 0 spiro atoms. The van der Waals surface area contributed by atoms with Gasteiger partial charge in [0.05, 0.1) is 6.42 Å². The first-order valence-electron chi connectivity index (χ1n) is 6.88. The van der Waals surface area contributed by atoms with Crippen molar-refractivity contribution >= 4 is 20.4 Å². The molecule has 0 amide bonds. The van der Waals surface area contributed by atoms with E-state index in [2.05, 4.69) is 69.5 Å². The van der Waals surface area contributed by atoms with Gasteiger partial charge < -0.3 is 0 Å². The fourth-order valence-electron chi connectivity index (χ4n) is 1.53. The topological polar surface area (TPSA) is 34.1 Å². The molecule has 2 nitrogen and oxygen atoms in total. The van der Waals surface area contributed by atoms with E-state index in [0.717, 1.165) is 0 Å². The van der Waals surface area contributed by atoms with E-state index < -0.39 is 0 Å². The van der Waals surface area contributed by atoms with Crippen LogP contribution >= 0.6 is 0 Å². The van der Waals surface area contributed by atoms with Crippen molar-refractivity contribution in [3.8, 4) is 0 Å². The predicted octanol–water partition coefficient (Wildman–Crippen LogP) is 3.32. The zero-order chi connectivity index (χ0) is 16.2. The van der Waals surface area contributed by atoms with Crippen LogP contribution in [-0.4, -0.2) is 20.4 Å². The van der Waals surface area contributed by atoms with Crippen molar-refractivity contribution in [3.63, 3.8) is 0 Å². The Balaban J connectivity index is 0.000000295. The molecule has 118 valence electrons. The van der Waals surface area contributed by atoms with Gasteiger partial charge in [-0.2, -0.15) is 0 Å². The fourth-order valence-corrected chi connectivity index (χ4v) is 3.46. The van der Waals surface area contributed by atoms with E-state index in [1.165, 1.54) is 25.0 Å². The van der Waals surface area contributed by atoms with Crippen molar-refractivity contribution in [2.24, 2.45) is 0 Å². The quantitative estimate of drug-likeness (QED) is 0.636. The van der Waals surface area contributed by atoms with Crippen LogP contribution in [-0.2, 0) is 27.2 Å². The molecule has 0 unspecified atom stereocenters. The Hall–Kier alpha value is -1.79. The van der Waals surface area contributed by atoms with Crippen molar-refractivity contribution < 1.29 is 27.2 Å². The summed E-state index contributed by atoms with van der Waals surface area (Å²) in [5.41, 5.74) is 2.66. The molecule has 0 saturated carbocycles. The molecular formula is C19H20O2Pt.